The number of amides is 1. The zero-order chi connectivity index (χ0) is 16.7. The Labute approximate surface area is 143 Å². The highest BCUT2D eigenvalue weighted by atomic mass is 35.5. The van der Waals surface area contributed by atoms with E-state index >= 15 is 0 Å². The minimum absolute atomic E-state index is 0.0349. The smallest absolute Gasteiger partial charge is 0.306 e. The van der Waals surface area contributed by atoms with Gasteiger partial charge in [0.25, 0.3) is 5.91 Å². The number of hydrogen-bond acceptors (Lipinski definition) is 6. The van der Waals surface area contributed by atoms with Gasteiger partial charge >= 0.3 is 5.97 Å². The van der Waals surface area contributed by atoms with Crippen LogP contribution >= 0.6 is 22.9 Å². The van der Waals surface area contributed by atoms with Crippen LogP contribution in [0, 0.1) is 0 Å². The van der Waals surface area contributed by atoms with E-state index in [0.717, 1.165) is 19.4 Å². The molecule has 0 radical (unpaired) electrons. The predicted molar refractivity (Wildman–Crippen MR) is 85.8 cm³/mol. The number of carbonyl (C=O) groups is 3. The summed E-state index contributed by atoms with van der Waals surface area (Å²) >= 11 is 6.92. The van der Waals surface area contributed by atoms with E-state index in [1.807, 2.05) is 0 Å². The van der Waals surface area contributed by atoms with Crippen LogP contribution in [0.4, 0.5) is 0 Å². The molecule has 1 atom stereocenters. The molecule has 1 aliphatic heterocycles. The van der Waals surface area contributed by atoms with E-state index in [4.69, 9.17) is 21.1 Å². The van der Waals surface area contributed by atoms with Crippen molar-refractivity contribution in [1.82, 2.24) is 5.32 Å². The molecule has 2 rings (SSSR count). The first kappa shape index (κ1) is 17.9. The third-order valence-electron chi connectivity index (χ3n) is 3.32. The molecule has 1 amide bonds. The molecule has 23 heavy (non-hydrogen) atoms. The molecule has 6 nitrogen and oxygen atoms in total. The van der Waals surface area contributed by atoms with Gasteiger partial charge in [-0.05, 0) is 25.0 Å². The second kappa shape index (κ2) is 9.00. The van der Waals surface area contributed by atoms with Gasteiger partial charge in [-0.25, -0.2) is 0 Å². The Bertz CT molecular complexity index is 568. The highest BCUT2D eigenvalue weighted by Gasteiger charge is 2.17. The molecule has 0 bridgehead atoms. The Hall–Kier alpha value is -1.44. The Morgan fingerprint density at radius 3 is 2.83 bits per heavy atom. The summed E-state index contributed by atoms with van der Waals surface area (Å²) in [6, 6.07) is 3.26. The van der Waals surface area contributed by atoms with Crippen molar-refractivity contribution in [1.29, 1.82) is 0 Å². The summed E-state index contributed by atoms with van der Waals surface area (Å²) in [5.74, 6) is -1.11. The number of halogens is 1. The molecule has 2 heterocycles. The normalized spacial score (nSPS) is 17.0. The quantitative estimate of drug-likeness (QED) is 0.568. The zero-order valence-electron chi connectivity index (χ0n) is 12.5. The minimum Gasteiger partial charge on any atom is -0.456 e. The molecule has 0 unspecified atom stereocenters. The first-order valence-corrected chi connectivity index (χ1v) is 8.56. The van der Waals surface area contributed by atoms with Gasteiger partial charge in [-0.2, -0.15) is 0 Å². The maximum absolute atomic E-state index is 11.8. The number of hydrogen-bond donors (Lipinski definition) is 1. The zero-order valence-corrected chi connectivity index (χ0v) is 14.1. The van der Waals surface area contributed by atoms with Crippen LogP contribution in [0.5, 0.6) is 0 Å². The molecule has 1 fully saturated rings. The molecule has 1 saturated heterocycles. The Kier molecular flexibility index (Phi) is 7.01. The second-order valence-corrected chi connectivity index (χ2v) is 6.84. The number of ether oxygens (including phenoxy) is 2. The van der Waals surface area contributed by atoms with Gasteiger partial charge < -0.3 is 14.8 Å². The number of Topliss-reactive ketones (excluding diaryl/α,β-unsaturated/α-hetero) is 1. The second-order valence-electron chi connectivity index (χ2n) is 5.13. The fraction of sp³-hybridized carbons (Fsp3) is 0.533. The van der Waals surface area contributed by atoms with E-state index < -0.39 is 5.97 Å². The van der Waals surface area contributed by atoms with Gasteiger partial charge in [0.15, 0.2) is 12.4 Å². The van der Waals surface area contributed by atoms with Gasteiger partial charge in [0.05, 0.1) is 21.7 Å². The van der Waals surface area contributed by atoms with E-state index in [-0.39, 0.29) is 37.2 Å². The van der Waals surface area contributed by atoms with Crippen molar-refractivity contribution in [2.24, 2.45) is 0 Å². The number of thiophene rings is 1. The molecule has 0 aromatic carbocycles. The summed E-state index contributed by atoms with van der Waals surface area (Å²) in [6.45, 7) is 0.803. The Morgan fingerprint density at radius 2 is 2.17 bits per heavy atom. The molecule has 1 aromatic heterocycles. The van der Waals surface area contributed by atoms with Crippen molar-refractivity contribution in [2.45, 2.75) is 31.8 Å². The Morgan fingerprint density at radius 1 is 1.35 bits per heavy atom. The summed E-state index contributed by atoms with van der Waals surface area (Å²) in [5, 5.41) is 2.65. The standard InChI is InChI=1S/C15H18ClNO5S/c16-13-5-4-12(23-13)11(18)3-6-15(20)22-9-14(19)17-8-10-2-1-7-21-10/h4-5,10H,1-3,6-9H2,(H,17,19)/t10-/m1/s1. The predicted octanol–water partition coefficient (Wildman–Crippen LogP) is 2.20. The average molecular weight is 360 g/mol. The molecular formula is C15H18ClNO5S. The van der Waals surface area contributed by atoms with E-state index in [0.29, 0.717) is 15.8 Å². The Balaban J connectivity index is 1.58. The van der Waals surface area contributed by atoms with Crippen LogP contribution in [0.1, 0.15) is 35.4 Å². The molecule has 0 aliphatic carbocycles. The van der Waals surface area contributed by atoms with Crippen molar-refractivity contribution in [3.05, 3.63) is 21.3 Å². The van der Waals surface area contributed by atoms with Crippen molar-refractivity contribution >= 4 is 40.6 Å². The number of nitrogens with one attached hydrogen (secondary N) is 1. The van der Waals surface area contributed by atoms with Gasteiger partial charge in [-0.3, -0.25) is 14.4 Å². The van der Waals surface area contributed by atoms with E-state index in [9.17, 15) is 14.4 Å². The third-order valence-corrected chi connectivity index (χ3v) is 4.59. The lowest BCUT2D eigenvalue weighted by atomic mass is 10.2. The lowest BCUT2D eigenvalue weighted by molar-refractivity contribution is -0.148. The lowest BCUT2D eigenvalue weighted by Crippen LogP contribution is -2.34. The van der Waals surface area contributed by atoms with E-state index in [1.165, 1.54) is 11.3 Å². The molecule has 1 aromatic rings. The van der Waals surface area contributed by atoms with Crippen LogP contribution in [0.15, 0.2) is 12.1 Å². The molecule has 126 valence electrons. The van der Waals surface area contributed by atoms with E-state index in [1.54, 1.807) is 12.1 Å². The van der Waals surface area contributed by atoms with Crippen LogP contribution in [0.3, 0.4) is 0 Å². The summed E-state index contributed by atoms with van der Waals surface area (Å²) in [4.78, 5) is 35.4. The highest BCUT2D eigenvalue weighted by molar-refractivity contribution is 7.18. The SMILES string of the molecule is O=C(COC(=O)CCC(=O)c1ccc(Cl)s1)NC[C@H]1CCCO1. The highest BCUT2D eigenvalue weighted by Crippen LogP contribution is 2.22. The van der Waals surface area contributed by atoms with Gasteiger partial charge in [0, 0.05) is 19.6 Å². The molecule has 8 heteroatoms. The maximum Gasteiger partial charge on any atom is 0.306 e. The first-order chi connectivity index (χ1) is 11.0. The largest absolute Gasteiger partial charge is 0.456 e. The van der Waals surface area contributed by atoms with Gasteiger partial charge in [-0.15, -0.1) is 11.3 Å². The first-order valence-electron chi connectivity index (χ1n) is 7.37. The molecule has 1 aliphatic rings. The van der Waals surface area contributed by atoms with Crippen molar-refractivity contribution < 1.29 is 23.9 Å². The topological polar surface area (TPSA) is 81.7 Å². The van der Waals surface area contributed by atoms with Crippen molar-refractivity contribution in [2.75, 3.05) is 19.8 Å². The molecule has 1 N–H and O–H groups in total. The summed E-state index contributed by atoms with van der Waals surface area (Å²) < 4.78 is 10.7. The van der Waals surface area contributed by atoms with Gasteiger partial charge in [0.2, 0.25) is 0 Å². The molecule has 0 saturated carbocycles. The minimum atomic E-state index is -0.576. The molecular weight excluding hydrogens is 342 g/mol. The molecule has 0 spiro atoms. The monoisotopic (exact) mass is 359 g/mol. The third kappa shape index (κ3) is 6.29. The van der Waals surface area contributed by atoms with Crippen LogP contribution in [-0.4, -0.2) is 43.5 Å². The number of ketones is 1. The van der Waals surface area contributed by atoms with Crippen molar-refractivity contribution in [3.8, 4) is 0 Å². The van der Waals surface area contributed by atoms with Gasteiger partial charge in [-0.1, -0.05) is 11.6 Å². The van der Waals surface area contributed by atoms with E-state index in [2.05, 4.69) is 5.32 Å². The maximum atomic E-state index is 11.8. The average Bonchev–Trinajstić information content (AvgIpc) is 3.19. The van der Waals surface area contributed by atoms with Crippen LogP contribution in [0.2, 0.25) is 4.34 Å². The number of rotatable bonds is 8. The summed E-state index contributed by atoms with van der Waals surface area (Å²) in [6.07, 6.45) is 1.94. The number of esters is 1. The summed E-state index contributed by atoms with van der Waals surface area (Å²) in [5.41, 5.74) is 0. The van der Waals surface area contributed by atoms with Crippen LogP contribution < -0.4 is 5.32 Å². The van der Waals surface area contributed by atoms with Crippen LogP contribution in [-0.2, 0) is 19.1 Å². The fourth-order valence-corrected chi connectivity index (χ4v) is 3.12. The summed E-state index contributed by atoms with van der Waals surface area (Å²) in [7, 11) is 0. The fourth-order valence-electron chi connectivity index (χ4n) is 2.11. The lowest BCUT2D eigenvalue weighted by Gasteiger charge is -2.10. The van der Waals surface area contributed by atoms with Gasteiger partial charge in [0.1, 0.15) is 0 Å². The van der Waals surface area contributed by atoms with Crippen molar-refractivity contribution in [3.63, 3.8) is 0 Å². The van der Waals surface area contributed by atoms with Crippen LogP contribution in [0.25, 0.3) is 0 Å². The number of carbonyl (C=O) groups excluding carboxylic acids is 3.